The van der Waals surface area contributed by atoms with Crippen LogP contribution in [-0.4, -0.2) is 41.2 Å². The standard InChI is InChI=1S/C32H53N3O2/c1-3-4-5-6-7-8-9-10-11-12-13-14-15-16-17-23-30-33-31-28(21-20-22-29(31)37-2)32(36)35(30)27-26-34-24-18-19-25-34/h20-22H,3-19,23-27H2,1-2H3. The van der Waals surface area contributed by atoms with Crippen LogP contribution < -0.4 is 10.3 Å². The number of nitrogens with zero attached hydrogens (tertiary/aromatic N) is 3. The third kappa shape index (κ3) is 10.1. The Kier molecular flexibility index (Phi) is 14.1. The fourth-order valence-corrected chi connectivity index (χ4v) is 5.75. The van der Waals surface area contributed by atoms with Crippen LogP contribution in [0, 0.1) is 0 Å². The summed E-state index contributed by atoms with van der Waals surface area (Å²) in [6, 6.07) is 5.68. The largest absolute Gasteiger partial charge is 0.494 e. The van der Waals surface area contributed by atoms with Gasteiger partial charge in [-0.3, -0.25) is 9.36 Å². The highest BCUT2D eigenvalue weighted by molar-refractivity contribution is 5.83. The van der Waals surface area contributed by atoms with Gasteiger partial charge in [-0.05, 0) is 44.5 Å². The zero-order valence-electron chi connectivity index (χ0n) is 23.9. The molecule has 5 heteroatoms. The van der Waals surface area contributed by atoms with Crippen LogP contribution in [0.25, 0.3) is 10.9 Å². The van der Waals surface area contributed by atoms with Gasteiger partial charge in [0.15, 0.2) is 0 Å². The van der Waals surface area contributed by atoms with E-state index in [0.717, 1.165) is 44.8 Å². The molecule has 0 atom stereocenters. The van der Waals surface area contributed by atoms with Gasteiger partial charge in [0.05, 0.1) is 12.5 Å². The fraction of sp³-hybridized carbons (Fsp3) is 0.750. The predicted molar refractivity (Wildman–Crippen MR) is 157 cm³/mol. The summed E-state index contributed by atoms with van der Waals surface area (Å²) in [6.07, 6.45) is 23.8. The highest BCUT2D eigenvalue weighted by Crippen LogP contribution is 2.22. The lowest BCUT2D eigenvalue weighted by molar-refractivity contribution is 0.317. The first-order valence-corrected chi connectivity index (χ1v) is 15.5. The first kappa shape index (κ1) is 29.7. The van der Waals surface area contributed by atoms with Crippen LogP contribution in [-0.2, 0) is 13.0 Å². The van der Waals surface area contributed by atoms with E-state index in [4.69, 9.17) is 9.72 Å². The van der Waals surface area contributed by atoms with E-state index in [-0.39, 0.29) is 5.56 Å². The quantitative estimate of drug-likeness (QED) is 0.169. The Morgan fingerprint density at radius 3 is 1.92 bits per heavy atom. The topological polar surface area (TPSA) is 47.4 Å². The molecule has 1 fully saturated rings. The van der Waals surface area contributed by atoms with Crippen LogP contribution >= 0.6 is 0 Å². The maximum atomic E-state index is 13.4. The van der Waals surface area contributed by atoms with Gasteiger partial charge in [0.2, 0.25) is 0 Å². The third-order valence-electron chi connectivity index (χ3n) is 8.09. The van der Waals surface area contributed by atoms with Crippen molar-refractivity contribution in [2.75, 3.05) is 26.7 Å². The molecule has 3 rings (SSSR count). The molecule has 1 saturated heterocycles. The second-order valence-corrected chi connectivity index (χ2v) is 11.1. The van der Waals surface area contributed by atoms with E-state index in [1.165, 1.54) is 103 Å². The summed E-state index contributed by atoms with van der Waals surface area (Å²) in [5, 5.41) is 0.668. The van der Waals surface area contributed by atoms with Crippen LogP contribution in [0.3, 0.4) is 0 Å². The summed E-state index contributed by atoms with van der Waals surface area (Å²) >= 11 is 0. The molecule has 2 heterocycles. The first-order valence-electron chi connectivity index (χ1n) is 15.5. The van der Waals surface area contributed by atoms with E-state index in [1.54, 1.807) is 7.11 Å². The van der Waals surface area contributed by atoms with Crippen LogP contribution in [0.15, 0.2) is 23.0 Å². The zero-order chi connectivity index (χ0) is 26.1. The highest BCUT2D eigenvalue weighted by atomic mass is 16.5. The number of rotatable bonds is 20. The number of likely N-dealkylation sites (tertiary alicyclic amines) is 1. The molecule has 37 heavy (non-hydrogen) atoms. The number of aryl methyl sites for hydroxylation is 1. The minimum atomic E-state index is 0.0825. The third-order valence-corrected chi connectivity index (χ3v) is 8.09. The zero-order valence-corrected chi connectivity index (χ0v) is 23.9. The van der Waals surface area contributed by atoms with E-state index in [1.807, 2.05) is 22.8 Å². The number of benzene rings is 1. The lowest BCUT2D eigenvalue weighted by Gasteiger charge is -2.18. The number of para-hydroxylation sites is 1. The molecule has 0 unspecified atom stereocenters. The molecule has 0 amide bonds. The van der Waals surface area contributed by atoms with Crippen molar-refractivity contribution in [2.45, 2.75) is 129 Å². The van der Waals surface area contributed by atoms with Gasteiger partial charge in [0.25, 0.3) is 5.56 Å². The molecule has 0 saturated carbocycles. The van der Waals surface area contributed by atoms with Crippen LogP contribution in [0.2, 0.25) is 0 Å². The van der Waals surface area contributed by atoms with Gasteiger partial charge in [-0.25, -0.2) is 4.98 Å². The monoisotopic (exact) mass is 511 g/mol. The summed E-state index contributed by atoms with van der Waals surface area (Å²) < 4.78 is 7.48. The highest BCUT2D eigenvalue weighted by Gasteiger charge is 2.16. The van der Waals surface area contributed by atoms with Gasteiger partial charge in [0, 0.05) is 19.5 Å². The molecule has 1 aromatic carbocycles. The summed E-state index contributed by atoms with van der Waals surface area (Å²) in [4.78, 5) is 20.9. The molecule has 5 nitrogen and oxygen atoms in total. The van der Waals surface area contributed by atoms with Crippen molar-refractivity contribution in [3.05, 3.63) is 34.4 Å². The van der Waals surface area contributed by atoms with Gasteiger partial charge in [-0.2, -0.15) is 0 Å². The van der Waals surface area contributed by atoms with E-state index >= 15 is 0 Å². The molecule has 0 bridgehead atoms. The Hall–Kier alpha value is -1.88. The fourth-order valence-electron chi connectivity index (χ4n) is 5.75. The molecule has 1 aromatic heterocycles. The van der Waals surface area contributed by atoms with E-state index < -0.39 is 0 Å². The Bertz CT molecular complexity index is 949. The molecular weight excluding hydrogens is 458 g/mol. The van der Waals surface area contributed by atoms with Crippen molar-refractivity contribution >= 4 is 10.9 Å². The van der Waals surface area contributed by atoms with Gasteiger partial charge in [-0.1, -0.05) is 103 Å². The molecule has 0 spiro atoms. The summed E-state index contributed by atoms with van der Waals surface area (Å²) in [7, 11) is 1.66. The maximum Gasteiger partial charge on any atom is 0.261 e. The van der Waals surface area contributed by atoms with Gasteiger partial charge in [0.1, 0.15) is 17.1 Å². The van der Waals surface area contributed by atoms with Crippen LogP contribution in [0.4, 0.5) is 0 Å². The Morgan fingerprint density at radius 1 is 0.784 bits per heavy atom. The Balaban J connectivity index is 1.39. The number of hydrogen-bond acceptors (Lipinski definition) is 4. The molecule has 2 aromatic rings. The summed E-state index contributed by atoms with van der Waals surface area (Å²) in [5.41, 5.74) is 0.794. The van der Waals surface area contributed by atoms with Crippen molar-refractivity contribution in [3.8, 4) is 5.75 Å². The predicted octanol–water partition coefficient (Wildman–Crippen LogP) is 7.91. The van der Waals surface area contributed by atoms with Crippen molar-refractivity contribution in [1.29, 1.82) is 0 Å². The van der Waals surface area contributed by atoms with Crippen LogP contribution in [0.1, 0.15) is 122 Å². The number of fused-ring (bicyclic) bond motifs is 1. The van der Waals surface area contributed by atoms with Crippen molar-refractivity contribution in [3.63, 3.8) is 0 Å². The average Bonchev–Trinajstić information content (AvgIpc) is 3.44. The number of ether oxygens (including phenoxy) is 1. The van der Waals surface area contributed by atoms with Crippen LogP contribution in [0.5, 0.6) is 5.75 Å². The maximum absolute atomic E-state index is 13.4. The molecule has 0 aliphatic carbocycles. The minimum absolute atomic E-state index is 0.0825. The molecule has 1 aliphatic rings. The first-order chi connectivity index (χ1) is 18.2. The Morgan fingerprint density at radius 2 is 1.35 bits per heavy atom. The Labute approximate surface area is 226 Å². The average molecular weight is 512 g/mol. The van der Waals surface area contributed by atoms with Gasteiger partial charge in [-0.15, -0.1) is 0 Å². The number of methoxy groups -OCH3 is 1. The van der Waals surface area contributed by atoms with Crippen molar-refractivity contribution in [1.82, 2.24) is 14.5 Å². The lowest BCUT2D eigenvalue weighted by atomic mass is 10.0. The summed E-state index contributed by atoms with van der Waals surface area (Å²) in [5.74, 6) is 1.62. The van der Waals surface area contributed by atoms with E-state index in [2.05, 4.69) is 11.8 Å². The smallest absolute Gasteiger partial charge is 0.261 e. The normalized spacial score (nSPS) is 14.1. The van der Waals surface area contributed by atoms with Crippen molar-refractivity contribution in [2.24, 2.45) is 0 Å². The van der Waals surface area contributed by atoms with Gasteiger partial charge >= 0.3 is 0 Å². The summed E-state index contributed by atoms with van der Waals surface area (Å²) in [6.45, 7) is 6.25. The molecule has 0 radical (unpaired) electrons. The van der Waals surface area contributed by atoms with E-state index in [9.17, 15) is 4.79 Å². The molecule has 1 aliphatic heterocycles. The molecule has 0 N–H and O–H groups in total. The minimum Gasteiger partial charge on any atom is -0.494 e. The SMILES string of the molecule is CCCCCCCCCCCCCCCCCc1nc2c(OC)cccc2c(=O)n1CCN1CCCC1. The second-order valence-electron chi connectivity index (χ2n) is 11.1. The number of aromatic nitrogens is 2. The van der Waals surface area contributed by atoms with Crippen molar-refractivity contribution < 1.29 is 4.74 Å². The molecule has 208 valence electrons. The van der Waals surface area contributed by atoms with Gasteiger partial charge < -0.3 is 9.64 Å². The van der Waals surface area contributed by atoms with E-state index in [0.29, 0.717) is 16.7 Å². The molecular formula is C32H53N3O2. The lowest BCUT2D eigenvalue weighted by Crippen LogP contribution is -2.32. The number of hydrogen-bond donors (Lipinski definition) is 0. The number of unbranched alkanes of at least 4 members (excludes halogenated alkanes) is 14. The second kappa shape index (κ2) is 17.6.